The van der Waals surface area contributed by atoms with Crippen LogP contribution in [0, 0.1) is 0 Å². The van der Waals surface area contributed by atoms with Crippen molar-refractivity contribution in [3.05, 3.63) is 54.1 Å². The number of carbonyl (C=O) groups excluding carboxylic acids is 1. The van der Waals surface area contributed by atoms with Crippen LogP contribution in [0.2, 0.25) is 0 Å². The highest BCUT2D eigenvalue weighted by molar-refractivity contribution is 5.94. The molecule has 100 valence electrons. The maximum atomic E-state index is 11.8. The van der Waals surface area contributed by atoms with E-state index in [0.29, 0.717) is 18.7 Å². The van der Waals surface area contributed by atoms with Crippen LogP contribution in [-0.2, 0) is 13.1 Å². The molecule has 1 amide bonds. The van der Waals surface area contributed by atoms with E-state index in [-0.39, 0.29) is 5.91 Å². The lowest BCUT2D eigenvalue weighted by atomic mass is 10.1. The molecule has 5 heteroatoms. The van der Waals surface area contributed by atoms with Gasteiger partial charge < -0.3 is 15.6 Å². The minimum absolute atomic E-state index is 0.0470. The summed E-state index contributed by atoms with van der Waals surface area (Å²) in [6.45, 7) is 1.99. The zero-order valence-corrected chi connectivity index (χ0v) is 10.7. The smallest absolute Gasteiger partial charge is 0.251 e. The Hall–Kier alpha value is -2.14. The summed E-state index contributed by atoms with van der Waals surface area (Å²) in [7, 11) is 0. The van der Waals surface area contributed by atoms with Gasteiger partial charge in [0.15, 0.2) is 0 Å². The van der Waals surface area contributed by atoms with Gasteiger partial charge in [0.25, 0.3) is 5.91 Å². The van der Waals surface area contributed by atoms with Crippen LogP contribution in [0.1, 0.15) is 22.3 Å². The maximum absolute atomic E-state index is 11.8. The fourth-order valence-electron chi connectivity index (χ4n) is 1.78. The van der Waals surface area contributed by atoms with Gasteiger partial charge in [-0.2, -0.15) is 0 Å². The molecule has 19 heavy (non-hydrogen) atoms. The lowest BCUT2D eigenvalue weighted by Gasteiger charge is -2.06. The quantitative estimate of drug-likeness (QED) is 0.764. The molecule has 0 radical (unpaired) electrons. The molecule has 0 aliphatic heterocycles. The predicted octanol–water partition coefficient (Wildman–Crippen LogP) is 1.16. The van der Waals surface area contributed by atoms with Crippen LogP contribution < -0.4 is 11.1 Å². The summed E-state index contributed by atoms with van der Waals surface area (Å²) in [4.78, 5) is 15.8. The van der Waals surface area contributed by atoms with Crippen molar-refractivity contribution in [2.24, 2.45) is 5.73 Å². The number of aromatic nitrogens is 2. The number of imidazole rings is 1. The van der Waals surface area contributed by atoms with Crippen LogP contribution in [0.3, 0.4) is 0 Å². The maximum Gasteiger partial charge on any atom is 0.251 e. The van der Waals surface area contributed by atoms with Crippen LogP contribution in [0.25, 0.3) is 0 Å². The zero-order chi connectivity index (χ0) is 13.5. The number of rotatable bonds is 6. The second-order valence-corrected chi connectivity index (χ2v) is 4.31. The van der Waals surface area contributed by atoms with Crippen LogP contribution in [0.15, 0.2) is 43.0 Å². The van der Waals surface area contributed by atoms with Gasteiger partial charge in [0.1, 0.15) is 0 Å². The SMILES string of the molecule is NCc1ccc(C(=O)NCCCn2ccnc2)cc1. The van der Waals surface area contributed by atoms with Gasteiger partial charge in [0, 0.05) is 37.6 Å². The molecular formula is C14H18N4O. The third-order valence-corrected chi connectivity index (χ3v) is 2.89. The molecule has 1 aromatic carbocycles. The van der Waals surface area contributed by atoms with Gasteiger partial charge >= 0.3 is 0 Å². The molecule has 0 aliphatic rings. The van der Waals surface area contributed by atoms with Crippen molar-refractivity contribution in [1.29, 1.82) is 0 Å². The Labute approximate surface area is 112 Å². The van der Waals surface area contributed by atoms with E-state index in [0.717, 1.165) is 18.5 Å². The van der Waals surface area contributed by atoms with Gasteiger partial charge in [-0.05, 0) is 24.1 Å². The highest BCUT2D eigenvalue weighted by atomic mass is 16.1. The molecule has 2 rings (SSSR count). The third kappa shape index (κ3) is 3.93. The summed E-state index contributed by atoms with van der Waals surface area (Å²) >= 11 is 0. The van der Waals surface area contributed by atoms with E-state index in [1.807, 2.05) is 22.9 Å². The molecule has 0 saturated carbocycles. The average molecular weight is 258 g/mol. The van der Waals surface area contributed by atoms with E-state index in [1.54, 1.807) is 24.7 Å². The minimum atomic E-state index is -0.0470. The van der Waals surface area contributed by atoms with Crippen molar-refractivity contribution in [3.63, 3.8) is 0 Å². The monoisotopic (exact) mass is 258 g/mol. The van der Waals surface area contributed by atoms with Gasteiger partial charge in [0.05, 0.1) is 6.33 Å². The highest BCUT2D eigenvalue weighted by Crippen LogP contribution is 2.03. The van der Waals surface area contributed by atoms with E-state index >= 15 is 0 Å². The number of nitrogens with zero attached hydrogens (tertiary/aromatic N) is 2. The van der Waals surface area contributed by atoms with Crippen molar-refractivity contribution in [2.45, 2.75) is 19.5 Å². The first-order valence-electron chi connectivity index (χ1n) is 6.32. The summed E-state index contributed by atoms with van der Waals surface area (Å²) in [5.74, 6) is -0.0470. The normalized spacial score (nSPS) is 10.4. The second-order valence-electron chi connectivity index (χ2n) is 4.31. The molecule has 1 heterocycles. The number of hydrogen-bond acceptors (Lipinski definition) is 3. The van der Waals surface area contributed by atoms with Gasteiger partial charge in [-0.15, -0.1) is 0 Å². The molecule has 0 fully saturated rings. The Morgan fingerprint density at radius 2 is 2.11 bits per heavy atom. The Morgan fingerprint density at radius 3 is 2.74 bits per heavy atom. The third-order valence-electron chi connectivity index (χ3n) is 2.89. The Kier molecular flexibility index (Phi) is 4.69. The Morgan fingerprint density at radius 1 is 1.32 bits per heavy atom. The average Bonchev–Trinajstić information content (AvgIpc) is 2.96. The van der Waals surface area contributed by atoms with E-state index < -0.39 is 0 Å². The molecule has 0 saturated heterocycles. The minimum Gasteiger partial charge on any atom is -0.352 e. The van der Waals surface area contributed by atoms with E-state index in [4.69, 9.17) is 5.73 Å². The molecule has 0 bridgehead atoms. The second kappa shape index (κ2) is 6.70. The molecule has 0 atom stereocenters. The lowest BCUT2D eigenvalue weighted by Crippen LogP contribution is -2.25. The summed E-state index contributed by atoms with van der Waals surface area (Å²) in [5.41, 5.74) is 7.20. The Balaban J connectivity index is 1.74. The van der Waals surface area contributed by atoms with Gasteiger partial charge in [-0.1, -0.05) is 12.1 Å². The van der Waals surface area contributed by atoms with Crippen molar-refractivity contribution >= 4 is 5.91 Å². The molecule has 1 aromatic heterocycles. The van der Waals surface area contributed by atoms with Gasteiger partial charge in [-0.25, -0.2) is 4.98 Å². The number of nitrogens with one attached hydrogen (secondary N) is 1. The lowest BCUT2D eigenvalue weighted by molar-refractivity contribution is 0.0952. The number of aryl methyl sites for hydroxylation is 1. The summed E-state index contributed by atoms with van der Waals surface area (Å²) in [5, 5.41) is 2.89. The van der Waals surface area contributed by atoms with Crippen LogP contribution in [0.5, 0.6) is 0 Å². The van der Waals surface area contributed by atoms with Crippen LogP contribution in [-0.4, -0.2) is 22.0 Å². The van der Waals surface area contributed by atoms with Crippen molar-refractivity contribution < 1.29 is 4.79 Å². The summed E-state index contributed by atoms with van der Waals surface area (Å²) < 4.78 is 1.99. The highest BCUT2D eigenvalue weighted by Gasteiger charge is 2.04. The van der Waals surface area contributed by atoms with Crippen LogP contribution >= 0.6 is 0 Å². The van der Waals surface area contributed by atoms with Gasteiger partial charge in [-0.3, -0.25) is 4.79 Å². The van der Waals surface area contributed by atoms with E-state index in [2.05, 4.69) is 10.3 Å². The van der Waals surface area contributed by atoms with Crippen molar-refractivity contribution in [2.75, 3.05) is 6.54 Å². The molecule has 2 aromatic rings. The molecule has 0 spiro atoms. The van der Waals surface area contributed by atoms with E-state index in [9.17, 15) is 4.79 Å². The first-order chi connectivity index (χ1) is 9.29. The van der Waals surface area contributed by atoms with Gasteiger partial charge in [0.2, 0.25) is 0 Å². The largest absolute Gasteiger partial charge is 0.352 e. The standard InChI is InChI=1S/C14H18N4O/c15-10-12-2-4-13(5-3-12)14(19)17-6-1-8-18-9-7-16-11-18/h2-5,7,9,11H,1,6,8,10,15H2,(H,17,19). The molecular weight excluding hydrogens is 240 g/mol. The zero-order valence-electron chi connectivity index (χ0n) is 10.7. The molecule has 3 N–H and O–H groups in total. The van der Waals surface area contributed by atoms with E-state index in [1.165, 1.54) is 0 Å². The Bertz CT molecular complexity index is 505. The first kappa shape index (κ1) is 13.3. The topological polar surface area (TPSA) is 72.9 Å². The number of nitrogens with two attached hydrogens (primary N) is 1. The molecule has 5 nitrogen and oxygen atoms in total. The van der Waals surface area contributed by atoms with Crippen LogP contribution in [0.4, 0.5) is 0 Å². The molecule has 0 unspecified atom stereocenters. The number of amides is 1. The predicted molar refractivity (Wildman–Crippen MR) is 73.5 cm³/mol. The number of carbonyl (C=O) groups is 1. The summed E-state index contributed by atoms with van der Waals surface area (Å²) in [6.07, 6.45) is 6.31. The fraction of sp³-hybridized carbons (Fsp3) is 0.286. The molecule has 0 aliphatic carbocycles. The first-order valence-corrected chi connectivity index (χ1v) is 6.32. The number of benzene rings is 1. The van der Waals surface area contributed by atoms with Crippen molar-refractivity contribution in [1.82, 2.24) is 14.9 Å². The number of hydrogen-bond donors (Lipinski definition) is 2. The summed E-state index contributed by atoms with van der Waals surface area (Å²) in [6, 6.07) is 7.35. The van der Waals surface area contributed by atoms with Crippen molar-refractivity contribution in [3.8, 4) is 0 Å². The fourth-order valence-corrected chi connectivity index (χ4v) is 1.78.